The van der Waals surface area contributed by atoms with Crippen molar-refractivity contribution in [3.05, 3.63) is 12.7 Å². The molecule has 2 unspecified atom stereocenters. The van der Waals surface area contributed by atoms with Crippen molar-refractivity contribution in [3.63, 3.8) is 0 Å². The zero-order chi connectivity index (χ0) is 8.27. The Balaban J connectivity index is 2.04. The van der Waals surface area contributed by atoms with Crippen LogP contribution in [-0.4, -0.2) is 24.8 Å². The van der Waals surface area contributed by atoms with Crippen LogP contribution in [0.5, 0.6) is 0 Å². The summed E-state index contributed by atoms with van der Waals surface area (Å²) in [6.07, 6.45) is 2.56. The number of carbonyl (C=O) groups is 1. The third-order valence-corrected chi connectivity index (χ3v) is 1.60. The van der Waals surface area contributed by atoms with Crippen LogP contribution in [0.2, 0.25) is 0 Å². The van der Waals surface area contributed by atoms with Gasteiger partial charge in [0, 0.05) is 12.5 Å². The van der Waals surface area contributed by atoms with Crippen molar-refractivity contribution >= 4 is 5.97 Å². The predicted molar refractivity (Wildman–Crippen MR) is 40.1 cm³/mol. The standard InChI is InChI=1S/C8H12O3/c1-3-8(9)10-5-7-4-6(2)11-7/h3,6-7H,1,4-5H2,2H3. The SMILES string of the molecule is C=CC(=O)OCC1CC(C)O1. The van der Waals surface area contributed by atoms with Crippen LogP contribution in [0.25, 0.3) is 0 Å². The lowest BCUT2D eigenvalue weighted by atomic mass is 10.1. The molecule has 0 aromatic rings. The van der Waals surface area contributed by atoms with Gasteiger partial charge in [-0.1, -0.05) is 6.58 Å². The molecule has 3 nitrogen and oxygen atoms in total. The van der Waals surface area contributed by atoms with E-state index in [2.05, 4.69) is 6.58 Å². The van der Waals surface area contributed by atoms with Crippen LogP contribution >= 0.6 is 0 Å². The maximum atomic E-state index is 10.5. The van der Waals surface area contributed by atoms with Gasteiger partial charge in [0.05, 0.1) is 12.2 Å². The third-order valence-electron chi connectivity index (χ3n) is 1.60. The van der Waals surface area contributed by atoms with Crippen LogP contribution in [0, 0.1) is 0 Å². The van der Waals surface area contributed by atoms with Crippen LogP contribution in [0.4, 0.5) is 0 Å². The van der Waals surface area contributed by atoms with E-state index in [9.17, 15) is 4.79 Å². The Kier molecular flexibility index (Phi) is 2.65. The highest BCUT2D eigenvalue weighted by atomic mass is 16.6. The number of carbonyl (C=O) groups excluding carboxylic acids is 1. The molecule has 0 amide bonds. The Hall–Kier alpha value is -0.830. The van der Waals surface area contributed by atoms with E-state index < -0.39 is 0 Å². The average Bonchev–Trinajstić information content (AvgIpc) is 1.95. The van der Waals surface area contributed by atoms with Crippen LogP contribution in [-0.2, 0) is 14.3 Å². The Morgan fingerprint density at radius 1 is 1.91 bits per heavy atom. The maximum Gasteiger partial charge on any atom is 0.330 e. The molecule has 3 heteroatoms. The van der Waals surface area contributed by atoms with Crippen molar-refractivity contribution in [2.45, 2.75) is 25.6 Å². The van der Waals surface area contributed by atoms with Gasteiger partial charge in [0.15, 0.2) is 0 Å². The summed E-state index contributed by atoms with van der Waals surface area (Å²) in [6.45, 7) is 5.63. The summed E-state index contributed by atoms with van der Waals surface area (Å²) in [5, 5.41) is 0. The van der Waals surface area contributed by atoms with Gasteiger partial charge in [-0.3, -0.25) is 0 Å². The molecule has 0 spiro atoms. The summed E-state index contributed by atoms with van der Waals surface area (Å²) in [7, 11) is 0. The smallest absolute Gasteiger partial charge is 0.330 e. The van der Waals surface area contributed by atoms with E-state index in [1.165, 1.54) is 0 Å². The van der Waals surface area contributed by atoms with Gasteiger partial charge in [-0.2, -0.15) is 0 Å². The second kappa shape index (κ2) is 3.53. The summed E-state index contributed by atoms with van der Waals surface area (Å²) < 4.78 is 9.98. The van der Waals surface area contributed by atoms with Crippen molar-refractivity contribution in [1.82, 2.24) is 0 Å². The van der Waals surface area contributed by atoms with E-state index in [-0.39, 0.29) is 12.1 Å². The molecule has 0 aliphatic carbocycles. The molecule has 1 fully saturated rings. The monoisotopic (exact) mass is 156 g/mol. The zero-order valence-electron chi connectivity index (χ0n) is 6.58. The highest BCUT2D eigenvalue weighted by molar-refractivity contribution is 5.81. The van der Waals surface area contributed by atoms with Crippen molar-refractivity contribution in [2.24, 2.45) is 0 Å². The van der Waals surface area contributed by atoms with Crippen molar-refractivity contribution < 1.29 is 14.3 Å². The third kappa shape index (κ3) is 2.35. The van der Waals surface area contributed by atoms with E-state index in [1.807, 2.05) is 6.92 Å². The minimum atomic E-state index is -0.381. The molecule has 0 bridgehead atoms. The lowest BCUT2D eigenvalue weighted by Gasteiger charge is -2.32. The van der Waals surface area contributed by atoms with Crippen molar-refractivity contribution in [1.29, 1.82) is 0 Å². The summed E-state index contributed by atoms with van der Waals surface area (Å²) in [5.74, 6) is -0.381. The molecular weight excluding hydrogens is 144 g/mol. The second-order valence-electron chi connectivity index (χ2n) is 2.64. The predicted octanol–water partition coefficient (Wildman–Crippen LogP) is 0.893. The van der Waals surface area contributed by atoms with E-state index in [1.54, 1.807) is 0 Å². The van der Waals surface area contributed by atoms with Gasteiger partial charge in [0.25, 0.3) is 0 Å². The van der Waals surface area contributed by atoms with Gasteiger partial charge in [0.2, 0.25) is 0 Å². The van der Waals surface area contributed by atoms with Gasteiger partial charge in [-0.15, -0.1) is 0 Å². The van der Waals surface area contributed by atoms with Gasteiger partial charge in [-0.25, -0.2) is 4.79 Å². The van der Waals surface area contributed by atoms with E-state index in [0.29, 0.717) is 12.7 Å². The highest BCUT2D eigenvalue weighted by Gasteiger charge is 2.26. The molecule has 62 valence electrons. The molecule has 2 atom stereocenters. The van der Waals surface area contributed by atoms with Gasteiger partial charge in [-0.05, 0) is 6.92 Å². The minimum Gasteiger partial charge on any atom is -0.460 e. The topological polar surface area (TPSA) is 35.5 Å². The first-order valence-electron chi connectivity index (χ1n) is 3.67. The molecule has 1 heterocycles. The van der Waals surface area contributed by atoms with Crippen molar-refractivity contribution in [3.8, 4) is 0 Å². The number of rotatable bonds is 3. The minimum absolute atomic E-state index is 0.105. The van der Waals surface area contributed by atoms with Gasteiger partial charge < -0.3 is 9.47 Å². The lowest BCUT2D eigenvalue weighted by Crippen LogP contribution is -2.38. The number of esters is 1. The molecule has 0 aromatic carbocycles. The average molecular weight is 156 g/mol. The fourth-order valence-corrected chi connectivity index (χ4v) is 1.03. The molecule has 0 saturated carbocycles. The van der Waals surface area contributed by atoms with Gasteiger partial charge >= 0.3 is 5.97 Å². The van der Waals surface area contributed by atoms with Crippen LogP contribution in [0.3, 0.4) is 0 Å². The van der Waals surface area contributed by atoms with Gasteiger partial charge in [0.1, 0.15) is 6.61 Å². The molecule has 0 N–H and O–H groups in total. The molecule has 0 aromatic heterocycles. The highest BCUT2D eigenvalue weighted by Crippen LogP contribution is 2.19. The summed E-state index contributed by atoms with van der Waals surface area (Å²) >= 11 is 0. The Bertz CT molecular complexity index is 159. The molecule has 1 aliphatic heterocycles. The molecule has 1 saturated heterocycles. The van der Waals surface area contributed by atoms with E-state index in [4.69, 9.17) is 9.47 Å². The van der Waals surface area contributed by atoms with Crippen molar-refractivity contribution in [2.75, 3.05) is 6.61 Å². The van der Waals surface area contributed by atoms with Crippen LogP contribution in [0.15, 0.2) is 12.7 Å². The summed E-state index contributed by atoms with van der Waals surface area (Å²) in [6, 6.07) is 0. The van der Waals surface area contributed by atoms with E-state index >= 15 is 0 Å². The number of ether oxygens (including phenoxy) is 2. The molecule has 1 aliphatic rings. The Labute approximate surface area is 66.0 Å². The Morgan fingerprint density at radius 3 is 3.00 bits per heavy atom. The summed E-state index contributed by atoms with van der Waals surface area (Å²) in [4.78, 5) is 10.5. The fourth-order valence-electron chi connectivity index (χ4n) is 1.03. The Morgan fingerprint density at radius 2 is 2.55 bits per heavy atom. The fraction of sp³-hybridized carbons (Fsp3) is 0.625. The molecule has 0 radical (unpaired) electrons. The number of hydrogen-bond donors (Lipinski definition) is 0. The normalized spacial score (nSPS) is 28.8. The first-order valence-corrected chi connectivity index (χ1v) is 3.67. The maximum absolute atomic E-state index is 10.5. The zero-order valence-corrected chi connectivity index (χ0v) is 6.58. The molecular formula is C8H12O3. The first-order chi connectivity index (χ1) is 5.22. The largest absolute Gasteiger partial charge is 0.460 e. The molecule has 1 rings (SSSR count). The number of hydrogen-bond acceptors (Lipinski definition) is 3. The lowest BCUT2D eigenvalue weighted by molar-refractivity contribution is -0.161. The van der Waals surface area contributed by atoms with Crippen LogP contribution in [0.1, 0.15) is 13.3 Å². The van der Waals surface area contributed by atoms with Crippen LogP contribution < -0.4 is 0 Å². The quantitative estimate of drug-likeness (QED) is 0.449. The van der Waals surface area contributed by atoms with E-state index in [0.717, 1.165) is 12.5 Å². The first kappa shape index (κ1) is 8.27. The molecule has 11 heavy (non-hydrogen) atoms. The summed E-state index contributed by atoms with van der Waals surface area (Å²) in [5.41, 5.74) is 0. The second-order valence-corrected chi connectivity index (χ2v) is 2.64.